The van der Waals surface area contributed by atoms with Crippen LogP contribution in [0, 0.1) is 5.92 Å². The number of pyridine rings is 1. The third-order valence-electron chi connectivity index (χ3n) is 4.37. The molecule has 0 spiro atoms. The second-order valence-electron chi connectivity index (χ2n) is 7.15. The van der Waals surface area contributed by atoms with Crippen molar-refractivity contribution in [3.63, 3.8) is 0 Å². The molecule has 1 fully saturated rings. The van der Waals surface area contributed by atoms with Gasteiger partial charge in [-0.1, -0.05) is 0 Å². The average molecular weight is 286 g/mol. The first-order valence-electron chi connectivity index (χ1n) is 8.08. The molecule has 4 heteroatoms. The van der Waals surface area contributed by atoms with Gasteiger partial charge in [-0.2, -0.15) is 0 Å². The minimum atomic E-state index is 0.0518. The molecule has 21 heavy (non-hydrogen) atoms. The Morgan fingerprint density at radius 1 is 1.38 bits per heavy atom. The highest BCUT2D eigenvalue weighted by Gasteiger charge is 2.22. The van der Waals surface area contributed by atoms with Crippen molar-refractivity contribution in [3.8, 4) is 0 Å². The topological polar surface area (TPSA) is 42.7 Å². The van der Waals surface area contributed by atoms with Crippen LogP contribution in [0.2, 0.25) is 0 Å². The maximum atomic E-state index is 4.84. The SMILES string of the molecule is CC(C)(C)n1c(CCC2CCCNC2)nc2cnccc21. The van der Waals surface area contributed by atoms with Gasteiger partial charge in [0, 0.05) is 18.2 Å². The summed E-state index contributed by atoms with van der Waals surface area (Å²) in [7, 11) is 0. The zero-order chi connectivity index (χ0) is 14.9. The highest BCUT2D eigenvalue weighted by Crippen LogP contribution is 2.26. The molecule has 1 unspecified atom stereocenters. The van der Waals surface area contributed by atoms with Gasteiger partial charge in [0.1, 0.15) is 11.3 Å². The van der Waals surface area contributed by atoms with Gasteiger partial charge in [-0.3, -0.25) is 4.98 Å². The molecule has 1 atom stereocenters. The highest BCUT2D eigenvalue weighted by molar-refractivity contribution is 5.75. The fourth-order valence-electron chi connectivity index (χ4n) is 3.40. The van der Waals surface area contributed by atoms with Crippen LogP contribution < -0.4 is 5.32 Å². The van der Waals surface area contributed by atoms with E-state index in [1.165, 1.54) is 37.1 Å². The van der Waals surface area contributed by atoms with Crippen LogP contribution in [0.25, 0.3) is 11.0 Å². The van der Waals surface area contributed by atoms with Crippen LogP contribution >= 0.6 is 0 Å². The van der Waals surface area contributed by atoms with E-state index in [9.17, 15) is 0 Å². The van der Waals surface area contributed by atoms with Crippen molar-refractivity contribution in [3.05, 3.63) is 24.3 Å². The van der Waals surface area contributed by atoms with E-state index in [-0.39, 0.29) is 5.54 Å². The molecule has 0 bridgehead atoms. The molecular formula is C17H26N4. The summed E-state index contributed by atoms with van der Waals surface area (Å²) >= 11 is 0. The van der Waals surface area contributed by atoms with Gasteiger partial charge in [0.05, 0.1) is 11.7 Å². The van der Waals surface area contributed by atoms with Crippen molar-refractivity contribution in [1.29, 1.82) is 0 Å². The van der Waals surface area contributed by atoms with E-state index in [0.717, 1.165) is 24.4 Å². The minimum Gasteiger partial charge on any atom is -0.323 e. The molecule has 0 aromatic carbocycles. The van der Waals surface area contributed by atoms with E-state index >= 15 is 0 Å². The summed E-state index contributed by atoms with van der Waals surface area (Å²) in [6.45, 7) is 9.10. The maximum Gasteiger partial charge on any atom is 0.110 e. The Kier molecular flexibility index (Phi) is 3.98. The molecule has 0 aliphatic carbocycles. The minimum absolute atomic E-state index is 0.0518. The van der Waals surface area contributed by atoms with Gasteiger partial charge in [0.2, 0.25) is 0 Å². The molecule has 1 aliphatic heterocycles. The number of rotatable bonds is 3. The monoisotopic (exact) mass is 286 g/mol. The fourth-order valence-corrected chi connectivity index (χ4v) is 3.40. The summed E-state index contributed by atoms with van der Waals surface area (Å²) in [6, 6.07) is 2.08. The standard InChI is InChI=1S/C17H26N4/c1-17(2,3)21-15-8-10-19-12-14(15)20-16(21)7-6-13-5-4-9-18-11-13/h8,10,12-13,18H,4-7,9,11H2,1-3H3. The molecule has 2 aromatic heterocycles. The lowest BCUT2D eigenvalue weighted by atomic mass is 9.94. The smallest absolute Gasteiger partial charge is 0.110 e. The fraction of sp³-hybridized carbons (Fsp3) is 0.647. The van der Waals surface area contributed by atoms with E-state index in [1.54, 1.807) is 0 Å². The summed E-state index contributed by atoms with van der Waals surface area (Å²) in [4.78, 5) is 9.06. The van der Waals surface area contributed by atoms with Gasteiger partial charge in [-0.15, -0.1) is 0 Å². The first-order valence-corrected chi connectivity index (χ1v) is 8.08. The summed E-state index contributed by atoms with van der Waals surface area (Å²) in [5.41, 5.74) is 2.27. The van der Waals surface area contributed by atoms with Gasteiger partial charge in [-0.25, -0.2) is 4.98 Å². The molecule has 114 valence electrons. The summed E-state index contributed by atoms with van der Waals surface area (Å²) in [5.74, 6) is 2.00. The number of aromatic nitrogens is 3. The number of imidazole rings is 1. The van der Waals surface area contributed by atoms with Crippen LogP contribution in [0.1, 0.15) is 45.9 Å². The van der Waals surface area contributed by atoms with Gasteiger partial charge in [0.25, 0.3) is 0 Å². The number of piperidine rings is 1. The number of hydrogen-bond donors (Lipinski definition) is 1. The van der Waals surface area contributed by atoms with E-state index in [1.807, 2.05) is 12.4 Å². The predicted molar refractivity (Wildman–Crippen MR) is 86.4 cm³/mol. The molecule has 3 rings (SSSR count). The highest BCUT2D eigenvalue weighted by atomic mass is 15.1. The summed E-state index contributed by atoms with van der Waals surface area (Å²) in [6.07, 6.45) is 8.68. The van der Waals surface area contributed by atoms with E-state index in [2.05, 4.69) is 41.7 Å². The lowest BCUT2D eigenvalue weighted by molar-refractivity contribution is 0.344. The third kappa shape index (κ3) is 3.10. The Labute approximate surface area is 127 Å². The Bertz CT molecular complexity index is 603. The van der Waals surface area contributed by atoms with Crippen LogP contribution in [0.4, 0.5) is 0 Å². The zero-order valence-corrected chi connectivity index (χ0v) is 13.4. The van der Waals surface area contributed by atoms with Crippen LogP contribution in [-0.4, -0.2) is 27.6 Å². The van der Waals surface area contributed by atoms with Gasteiger partial charge in [0.15, 0.2) is 0 Å². The van der Waals surface area contributed by atoms with Crippen LogP contribution in [0.15, 0.2) is 18.5 Å². The molecule has 0 amide bonds. The molecule has 0 radical (unpaired) electrons. The molecule has 1 aliphatic rings. The van der Waals surface area contributed by atoms with E-state index in [4.69, 9.17) is 4.98 Å². The molecule has 3 heterocycles. The largest absolute Gasteiger partial charge is 0.323 e. The van der Waals surface area contributed by atoms with Crippen molar-refractivity contribution in [2.75, 3.05) is 13.1 Å². The van der Waals surface area contributed by atoms with Gasteiger partial charge in [-0.05, 0) is 65.1 Å². The lowest BCUT2D eigenvalue weighted by Crippen LogP contribution is -2.30. The Morgan fingerprint density at radius 2 is 2.24 bits per heavy atom. The second-order valence-corrected chi connectivity index (χ2v) is 7.15. The van der Waals surface area contributed by atoms with Crippen LogP contribution in [0.5, 0.6) is 0 Å². The van der Waals surface area contributed by atoms with Crippen molar-refractivity contribution in [2.24, 2.45) is 5.92 Å². The maximum absolute atomic E-state index is 4.84. The number of nitrogens with zero attached hydrogens (tertiary/aromatic N) is 3. The average Bonchev–Trinajstić information content (AvgIpc) is 2.84. The molecule has 2 aromatic rings. The Hall–Kier alpha value is -1.42. The number of fused-ring (bicyclic) bond motifs is 1. The Balaban J connectivity index is 1.86. The number of aryl methyl sites for hydroxylation is 1. The van der Waals surface area contributed by atoms with E-state index in [0.29, 0.717) is 0 Å². The first-order chi connectivity index (χ1) is 10.1. The summed E-state index contributed by atoms with van der Waals surface area (Å²) < 4.78 is 2.39. The van der Waals surface area contributed by atoms with Crippen LogP contribution in [0.3, 0.4) is 0 Å². The second kappa shape index (κ2) is 5.76. The van der Waals surface area contributed by atoms with E-state index < -0.39 is 0 Å². The van der Waals surface area contributed by atoms with Gasteiger partial charge < -0.3 is 9.88 Å². The van der Waals surface area contributed by atoms with Crippen LogP contribution in [-0.2, 0) is 12.0 Å². The lowest BCUT2D eigenvalue weighted by Gasteiger charge is -2.26. The number of nitrogens with one attached hydrogen (secondary N) is 1. The third-order valence-corrected chi connectivity index (χ3v) is 4.37. The normalized spacial score (nSPS) is 20.0. The summed E-state index contributed by atoms with van der Waals surface area (Å²) in [5, 5.41) is 3.51. The molecule has 1 N–H and O–H groups in total. The molecule has 0 saturated carbocycles. The van der Waals surface area contributed by atoms with Crippen molar-refractivity contribution >= 4 is 11.0 Å². The molecule has 1 saturated heterocycles. The molecule has 4 nitrogen and oxygen atoms in total. The zero-order valence-electron chi connectivity index (χ0n) is 13.4. The van der Waals surface area contributed by atoms with Gasteiger partial charge >= 0.3 is 0 Å². The predicted octanol–water partition coefficient (Wildman–Crippen LogP) is 3.12. The first kappa shape index (κ1) is 14.5. The Morgan fingerprint density at radius 3 is 2.95 bits per heavy atom. The van der Waals surface area contributed by atoms with Crippen molar-refractivity contribution in [2.45, 2.75) is 52.0 Å². The molecular weight excluding hydrogens is 260 g/mol. The number of hydrogen-bond acceptors (Lipinski definition) is 3. The quantitative estimate of drug-likeness (QED) is 0.942. The van der Waals surface area contributed by atoms with Crippen molar-refractivity contribution < 1.29 is 0 Å². The van der Waals surface area contributed by atoms with Crippen molar-refractivity contribution in [1.82, 2.24) is 19.9 Å².